The number of hydrogen-bond acceptors (Lipinski definition) is 5. The normalized spacial score (nSPS) is 22.9. The first kappa shape index (κ1) is 12.1. The van der Waals surface area contributed by atoms with Gasteiger partial charge in [0.2, 0.25) is 0 Å². The van der Waals surface area contributed by atoms with E-state index in [1.807, 2.05) is 0 Å². The van der Waals surface area contributed by atoms with Crippen LogP contribution in [0.5, 0.6) is 0 Å². The van der Waals surface area contributed by atoms with Crippen molar-refractivity contribution in [2.24, 2.45) is 0 Å². The average Bonchev–Trinajstić information content (AvgIpc) is 2.57. The molecule has 1 fully saturated rings. The summed E-state index contributed by atoms with van der Waals surface area (Å²) in [5, 5.41) is 3.07. The van der Waals surface area contributed by atoms with E-state index in [1.165, 1.54) is 0 Å². The largest absolute Gasteiger partial charge is 0.476 e. The van der Waals surface area contributed by atoms with E-state index in [-0.39, 0.29) is 6.23 Å². The Bertz CT molecular complexity index is 196. The fourth-order valence-electron chi connectivity index (χ4n) is 1.31. The fraction of sp³-hybridized carbons (Fsp3) is 1.00. The van der Waals surface area contributed by atoms with E-state index in [0.717, 1.165) is 19.4 Å². The van der Waals surface area contributed by atoms with Crippen LogP contribution < -0.4 is 5.32 Å². The smallest absolute Gasteiger partial charge is 0.292 e. The SMILES string of the molecule is CCOP(=O)(OCC)OC1CCCN1. The molecule has 0 aromatic carbocycles. The van der Waals surface area contributed by atoms with Crippen LogP contribution in [0, 0.1) is 0 Å². The van der Waals surface area contributed by atoms with Crippen molar-refractivity contribution in [2.45, 2.75) is 32.9 Å². The molecule has 1 atom stereocenters. The molecule has 14 heavy (non-hydrogen) atoms. The van der Waals surface area contributed by atoms with Gasteiger partial charge in [-0.05, 0) is 33.2 Å². The lowest BCUT2D eigenvalue weighted by Gasteiger charge is -2.20. The molecule has 6 heteroatoms. The summed E-state index contributed by atoms with van der Waals surface area (Å²) in [7, 11) is -3.33. The second-order valence-corrected chi connectivity index (χ2v) is 4.59. The van der Waals surface area contributed by atoms with Crippen molar-refractivity contribution in [3.05, 3.63) is 0 Å². The van der Waals surface area contributed by atoms with Crippen molar-refractivity contribution in [3.8, 4) is 0 Å². The minimum Gasteiger partial charge on any atom is -0.292 e. The minimum absolute atomic E-state index is 0.195. The van der Waals surface area contributed by atoms with E-state index < -0.39 is 7.82 Å². The lowest BCUT2D eigenvalue weighted by molar-refractivity contribution is 0.0775. The fourth-order valence-corrected chi connectivity index (χ4v) is 2.63. The van der Waals surface area contributed by atoms with Crippen LogP contribution in [0.25, 0.3) is 0 Å². The lowest BCUT2D eigenvalue weighted by Crippen LogP contribution is -2.24. The predicted molar refractivity (Wildman–Crippen MR) is 53.0 cm³/mol. The molecule has 1 saturated heterocycles. The Morgan fingerprint density at radius 3 is 2.43 bits per heavy atom. The molecule has 0 bridgehead atoms. The average molecular weight is 223 g/mol. The van der Waals surface area contributed by atoms with Crippen molar-refractivity contribution >= 4 is 7.82 Å². The highest BCUT2D eigenvalue weighted by atomic mass is 31.2. The quantitative estimate of drug-likeness (QED) is 0.697. The van der Waals surface area contributed by atoms with Crippen molar-refractivity contribution in [1.82, 2.24) is 5.32 Å². The summed E-state index contributed by atoms with van der Waals surface area (Å²) >= 11 is 0. The second-order valence-electron chi connectivity index (χ2n) is 2.97. The Morgan fingerprint density at radius 2 is 2.00 bits per heavy atom. The van der Waals surface area contributed by atoms with Crippen LogP contribution >= 0.6 is 7.82 Å². The molecule has 0 radical (unpaired) electrons. The molecule has 0 spiro atoms. The van der Waals surface area contributed by atoms with E-state index in [2.05, 4.69) is 5.32 Å². The maximum absolute atomic E-state index is 11.9. The van der Waals surface area contributed by atoms with E-state index in [9.17, 15) is 4.57 Å². The molecule has 0 aromatic rings. The molecular weight excluding hydrogens is 205 g/mol. The third-order valence-corrected chi connectivity index (χ3v) is 3.51. The van der Waals surface area contributed by atoms with Gasteiger partial charge in [0.1, 0.15) is 6.23 Å². The van der Waals surface area contributed by atoms with Crippen LogP contribution in [0.1, 0.15) is 26.7 Å². The van der Waals surface area contributed by atoms with E-state index in [0.29, 0.717) is 13.2 Å². The molecule has 1 unspecified atom stereocenters. The van der Waals surface area contributed by atoms with Gasteiger partial charge in [-0.15, -0.1) is 0 Å². The lowest BCUT2D eigenvalue weighted by atomic mass is 10.4. The first-order valence-electron chi connectivity index (χ1n) is 5.01. The predicted octanol–water partition coefficient (Wildman–Crippen LogP) is 1.89. The van der Waals surface area contributed by atoms with Gasteiger partial charge in [-0.25, -0.2) is 4.57 Å². The maximum Gasteiger partial charge on any atom is 0.476 e. The highest BCUT2D eigenvalue weighted by molar-refractivity contribution is 7.48. The number of phosphoric ester groups is 1. The van der Waals surface area contributed by atoms with E-state index in [1.54, 1.807) is 13.8 Å². The number of hydrogen-bond donors (Lipinski definition) is 1. The Morgan fingerprint density at radius 1 is 1.36 bits per heavy atom. The van der Waals surface area contributed by atoms with Crippen LogP contribution in [-0.4, -0.2) is 26.0 Å². The van der Waals surface area contributed by atoms with Gasteiger partial charge < -0.3 is 0 Å². The number of phosphoric acid groups is 1. The first-order chi connectivity index (χ1) is 6.70. The summed E-state index contributed by atoms with van der Waals surface area (Å²) in [6, 6.07) is 0. The van der Waals surface area contributed by atoms with Gasteiger partial charge in [0.05, 0.1) is 13.2 Å². The van der Waals surface area contributed by atoms with Crippen LogP contribution in [0.3, 0.4) is 0 Å². The first-order valence-corrected chi connectivity index (χ1v) is 6.47. The molecule has 1 aliphatic heterocycles. The zero-order valence-electron chi connectivity index (χ0n) is 8.69. The zero-order chi connectivity index (χ0) is 10.4. The van der Waals surface area contributed by atoms with Gasteiger partial charge in [0.25, 0.3) is 0 Å². The van der Waals surface area contributed by atoms with Crippen LogP contribution in [0.15, 0.2) is 0 Å². The number of rotatable bonds is 6. The van der Waals surface area contributed by atoms with Gasteiger partial charge in [0.15, 0.2) is 0 Å². The molecule has 0 saturated carbocycles. The zero-order valence-corrected chi connectivity index (χ0v) is 9.59. The second kappa shape index (κ2) is 5.83. The molecule has 1 aliphatic rings. The molecule has 0 amide bonds. The van der Waals surface area contributed by atoms with Crippen molar-refractivity contribution in [1.29, 1.82) is 0 Å². The van der Waals surface area contributed by atoms with Gasteiger partial charge in [-0.3, -0.25) is 18.9 Å². The highest BCUT2D eigenvalue weighted by Crippen LogP contribution is 2.50. The Balaban J connectivity index is 2.44. The topological polar surface area (TPSA) is 56.8 Å². The molecule has 1 heterocycles. The van der Waals surface area contributed by atoms with Crippen molar-refractivity contribution in [2.75, 3.05) is 19.8 Å². The van der Waals surface area contributed by atoms with Crippen molar-refractivity contribution in [3.63, 3.8) is 0 Å². The molecule has 0 aliphatic carbocycles. The molecule has 1 rings (SSSR count). The molecule has 1 N–H and O–H groups in total. The monoisotopic (exact) mass is 223 g/mol. The van der Waals surface area contributed by atoms with Crippen molar-refractivity contribution < 1.29 is 18.1 Å². The number of nitrogens with one attached hydrogen (secondary N) is 1. The van der Waals surface area contributed by atoms with E-state index >= 15 is 0 Å². The summed E-state index contributed by atoms with van der Waals surface area (Å²) in [6.07, 6.45) is 1.69. The van der Waals surface area contributed by atoms with Crippen LogP contribution in [0.4, 0.5) is 0 Å². The molecule has 5 nitrogen and oxygen atoms in total. The van der Waals surface area contributed by atoms with Crippen LogP contribution in [0.2, 0.25) is 0 Å². The van der Waals surface area contributed by atoms with Gasteiger partial charge >= 0.3 is 7.82 Å². The third-order valence-electron chi connectivity index (χ3n) is 1.85. The Hall–Kier alpha value is 0.0700. The van der Waals surface area contributed by atoms with Gasteiger partial charge in [-0.1, -0.05) is 0 Å². The molecule has 84 valence electrons. The molecule has 0 aromatic heterocycles. The van der Waals surface area contributed by atoms with Crippen LogP contribution in [-0.2, 0) is 18.1 Å². The Labute approximate surface area is 84.7 Å². The van der Waals surface area contributed by atoms with Gasteiger partial charge in [-0.2, -0.15) is 0 Å². The summed E-state index contributed by atoms with van der Waals surface area (Å²) in [6.45, 7) is 5.06. The summed E-state index contributed by atoms with van der Waals surface area (Å²) in [5.41, 5.74) is 0. The minimum atomic E-state index is -3.33. The molecular formula is C8H18NO4P. The summed E-state index contributed by atoms with van der Waals surface area (Å²) in [4.78, 5) is 0. The Kier molecular flexibility index (Phi) is 5.06. The highest BCUT2D eigenvalue weighted by Gasteiger charge is 2.31. The van der Waals surface area contributed by atoms with E-state index in [4.69, 9.17) is 13.6 Å². The maximum atomic E-state index is 11.9. The summed E-state index contributed by atoms with van der Waals surface area (Å²) in [5.74, 6) is 0. The summed E-state index contributed by atoms with van der Waals surface area (Å²) < 4.78 is 27.1. The van der Waals surface area contributed by atoms with Gasteiger partial charge in [0, 0.05) is 0 Å². The third kappa shape index (κ3) is 3.67. The standard InChI is InChI=1S/C8H18NO4P/c1-3-11-14(10,12-4-2)13-8-6-5-7-9-8/h8-9H,3-7H2,1-2H3.